The third-order valence-corrected chi connectivity index (χ3v) is 6.71. The first kappa shape index (κ1) is 18.4. The fraction of sp³-hybridized carbons (Fsp3) is 0.278. The summed E-state index contributed by atoms with van der Waals surface area (Å²) in [5.41, 5.74) is 1.12. The molecule has 132 valence electrons. The van der Waals surface area contributed by atoms with Crippen LogP contribution in [0.4, 0.5) is 0 Å². The lowest BCUT2D eigenvalue weighted by atomic mass is 10.1. The Bertz CT molecular complexity index is 1050. The van der Waals surface area contributed by atoms with Crippen LogP contribution in [-0.4, -0.2) is 25.0 Å². The Morgan fingerprint density at radius 2 is 2.04 bits per heavy atom. The van der Waals surface area contributed by atoms with Crippen LogP contribution in [0.25, 0.3) is 27.1 Å². The van der Waals surface area contributed by atoms with Crippen LogP contribution in [0.3, 0.4) is 0 Å². The molecule has 1 aromatic heterocycles. The minimum Gasteiger partial charge on any atom is -0.286 e. The number of fused-ring (bicyclic) bond motifs is 3. The van der Waals surface area contributed by atoms with Gasteiger partial charge in [0, 0.05) is 12.5 Å². The number of rotatable bonds is 6. The van der Waals surface area contributed by atoms with Gasteiger partial charge in [-0.05, 0) is 35.6 Å². The zero-order valence-electron chi connectivity index (χ0n) is 14.1. The third-order valence-electron chi connectivity index (χ3n) is 4.05. The predicted molar refractivity (Wildman–Crippen MR) is 108 cm³/mol. The fourth-order valence-corrected chi connectivity index (χ4v) is 4.85. The molecule has 25 heavy (non-hydrogen) atoms. The molecule has 0 fully saturated rings. The molecule has 0 saturated heterocycles. The second-order valence-corrected chi connectivity index (χ2v) is 9.51. The van der Waals surface area contributed by atoms with Gasteiger partial charge in [0.2, 0.25) is 5.52 Å². The van der Waals surface area contributed by atoms with Gasteiger partial charge in [0.05, 0.1) is 11.1 Å². The molecule has 2 aromatic carbocycles. The number of nitrogens with zero attached hydrogens (tertiary/aromatic N) is 1. The molecule has 0 aliphatic heterocycles. The van der Waals surface area contributed by atoms with Crippen molar-refractivity contribution in [1.29, 1.82) is 0 Å². The Morgan fingerprint density at radius 3 is 2.76 bits per heavy atom. The van der Waals surface area contributed by atoms with Gasteiger partial charge in [-0.2, -0.15) is 13.0 Å². The maximum absolute atomic E-state index is 11.1. The van der Waals surface area contributed by atoms with E-state index in [9.17, 15) is 8.42 Å². The number of allylic oxidation sites excluding steroid dienone is 1. The highest BCUT2D eigenvalue weighted by atomic mass is 32.2. The molecule has 0 amide bonds. The van der Waals surface area contributed by atoms with E-state index < -0.39 is 10.1 Å². The van der Waals surface area contributed by atoms with Crippen molar-refractivity contribution in [2.75, 3.05) is 12.0 Å². The van der Waals surface area contributed by atoms with Crippen molar-refractivity contribution < 1.29 is 17.5 Å². The average molecular weight is 395 g/mol. The first-order valence-electron chi connectivity index (χ1n) is 7.90. The second kappa shape index (κ2) is 7.45. The molecule has 0 radical (unpaired) electrons. The topological polar surface area (TPSA) is 58.2 Å². The summed E-state index contributed by atoms with van der Waals surface area (Å²) in [7, 11) is -3.94. The van der Waals surface area contributed by atoms with Crippen LogP contribution in [0.15, 0.2) is 41.3 Å². The van der Waals surface area contributed by atoms with Crippen molar-refractivity contribution in [3.8, 4) is 0 Å². The van der Waals surface area contributed by atoms with Gasteiger partial charge in [0.1, 0.15) is 4.70 Å². The van der Waals surface area contributed by atoms with Crippen LogP contribution in [-0.2, 0) is 16.7 Å². The first-order valence-corrected chi connectivity index (χ1v) is 11.6. The summed E-state index contributed by atoms with van der Waals surface area (Å²) in [5.74, 6) is -0.229. The van der Waals surface area contributed by atoms with Crippen LogP contribution in [0.5, 0.6) is 0 Å². The SMILES string of the molecule is CS/C(C)=C/c1sc2ccc3ccccc3c2[n+]1CCCS(=O)(=O)O. The molecule has 0 atom stereocenters. The maximum atomic E-state index is 11.1. The number of thioether (sulfide) groups is 1. The third kappa shape index (κ3) is 4.23. The maximum Gasteiger partial charge on any atom is 0.265 e. The Kier molecular flexibility index (Phi) is 5.48. The molecule has 3 aromatic rings. The standard InChI is InChI=1S/C18H19NO3S3/c1-13(23-2)12-17-19(10-5-11-25(20,21)22)18-15-7-4-3-6-14(15)8-9-16(18)24-17/h3-4,6-9,12H,5,10-11H2,1-2H3/p+1/b13-12+. The van der Waals surface area contributed by atoms with E-state index >= 15 is 0 Å². The Hall–Kier alpha value is -1.41. The lowest BCUT2D eigenvalue weighted by molar-refractivity contribution is -0.667. The second-order valence-electron chi connectivity index (χ2n) is 5.82. The Balaban J connectivity index is 2.17. The molecule has 3 rings (SSSR count). The highest BCUT2D eigenvalue weighted by Crippen LogP contribution is 2.30. The van der Waals surface area contributed by atoms with Crippen LogP contribution in [0, 0.1) is 0 Å². The minimum absolute atomic E-state index is 0.229. The van der Waals surface area contributed by atoms with Crippen LogP contribution < -0.4 is 4.57 Å². The molecule has 7 heteroatoms. The summed E-state index contributed by atoms with van der Waals surface area (Å²) >= 11 is 3.39. The molecule has 4 nitrogen and oxygen atoms in total. The monoisotopic (exact) mass is 394 g/mol. The molecule has 0 saturated carbocycles. The van der Waals surface area contributed by atoms with Crippen molar-refractivity contribution in [2.45, 2.75) is 19.9 Å². The Labute approximate surface area is 155 Å². The fourth-order valence-electron chi connectivity index (χ4n) is 2.84. The lowest BCUT2D eigenvalue weighted by Gasteiger charge is -2.01. The van der Waals surface area contributed by atoms with Gasteiger partial charge in [-0.15, -0.1) is 11.8 Å². The molecule has 0 unspecified atom stereocenters. The summed E-state index contributed by atoms with van der Waals surface area (Å²) in [6.07, 6.45) is 4.55. The van der Waals surface area contributed by atoms with E-state index in [0.717, 1.165) is 21.3 Å². The number of thiazole rings is 1. The van der Waals surface area contributed by atoms with Crippen molar-refractivity contribution in [3.05, 3.63) is 46.3 Å². The zero-order valence-corrected chi connectivity index (χ0v) is 16.5. The van der Waals surface area contributed by atoms with Crippen molar-refractivity contribution >= 4 is 60.3 Å². The quantitative estimate of drug-likeness (QED) is 0.499. The van der Waals surface area contributed by atoms with E-state index in [1.165, 1.54) is 9.61 Å². The van der Waals surface area contributed by atoms with E-state index in [2.05, 4.69) is 41.8 Å². The van der Waals surface area contributed by atoms with Crippen LogP contribution in [0.1, 0.15) is 18.4 Å². The van der Waals surface area contributed by atoms with E-state index in [0.29, 0.717) is 13.0 Å². The lowest BCUT2D eigenvalue weighted by Crippen LogP contribution is -2.36. The van der Waals surface area contributed by atoms with Crippen molar-refractivity contribution in [2.24, 2.45) is 0 Å². The van der Waals surface area contributed by atoms with E-state index in [-0.39, 0.29) is 5.75 Å². The van der Waals surface area contributed by atoms with Gasteiger partial charge in [0.25, 0.3) is 15.1 Å². The van der Waals surface area contributed by atoms with Crippen LogP contribution >= 0.6 is 23.1 Å². The summed E-state index contributed by atoms with van der Waals surface area (Å²) in [4.78, 5) is 1.19. The molecule has 0 bridgehead atoms. The minimum atomic E-state index is -3.94. The van der Waals surface area contributed by atoms with Gasteiger partial charge in [-0.3, -0.25) is 4.55 Å². The molecule has 0 aliphatic carbocycles. The van der Waals surface area contributed by atoms with E-state index in [4.69, 9.17) is 4.55 Å². The summed E-state index contributed by atoms with van der Waals surface area (Å²) in [6.45, 7) is 2.61. The van der Waals surface area contributed by atoms with Gasteiger partial charge in [-0.1, -0.05) is 35.6 Å². The van der Waals surface area contributed by atoms with E-state index in [1.807, 2.05) is 18.4 Å². The average Bonchev–Trinajstić information content (AvgIpc) is 2.91. The highest BCUT2D eigenvalue weighted by Gasteiger charge is 2.22. The summed E-state index contributed by atoms with van der Waals surface area (Å²) in [6, 6.07) is 12.4. The Morgan fingerprint density at radius 1 is 1.28 bits per heavy atom. The van der Waals surface area contributed by atoms with Gasteiger partial charge < -0.3 is 0 Å². The normalized spacial score (nSPS) is 13.0. The highest BCUT2D eigenvalue weighted by molar-refractivity contribution is 8.02. The summed E-state index contributed by atoms with van der Waals surface area (Å²) in [5, 5.41) is 3.41. The van der Waals surface area contributed by atoms with Gasteiger partial charge in [-0.25, -0.2) is 0 Å². The number of aromatic nitrogens is 1. The zero-order chi connectivity index (χ0) is 18.0. The first-order chi connectivity index (χ1) is 11.9. The smallest absolute Gasteiger partial charge is 0.265 e. The number of hydrogen-bond acceptors (Lipinski definition) is 4. The van der Waals surface area contributed by atoms with E-state index in [1.54, 1.807) is 23.1 Å². The molecule has 1 heterocycles. The molecule has 1 N–H and O–H groups in total. The summed E-state index contributed by atoms with van der Waals surface area (Å²) < 4.78 is 34.5. The number of hydrogen-bond donors (Lipinski definition) is 1. The molecule has 0 spiro atoms. The molecular weight excluding hydrogens is 374 g/mol. The van der Waals surface area contributed by atoms with Crippen LogP contribution in [0.2, 0.25) is 0 Å². The predicted octanol–water partition coefficient (Wildman–Crippen LogP) is 4.34. The number of benzene rings is 2. The largest absolute Gasteiger partial charge is 0.286 e. The number of aryl methyl sites for hydroxylation is 1. The molecular formula is C18H20NO3S3+. The molecule has 0 aliphatic rings. The van der Waals surface area contributed by atoms with Crippen molar-refractivity contribution in [3.63, 3.8) is 0 Å². The van der Waals surface area contributed by atoms with Gasteiger partial charge in [0.15, 0.2) is 6.54 Å². The van der Waals surface area contributed by atoms with Crippen molar-refractivity contribution in [1.82, 2.24) is 0 Å². The van der Waals surface area contributed by atoms with Gasteiger partial charge >= 0.3 is 0 Å².